The Morgan fingerprint density at radius 2 is 1.95 bits per heavy atom. The summed E-state index contributed by atoms with van der Waals surface area (Å²) in [4.78, 5) is 11.5. The molecule has 0 bridgehead atoms. The Morgan fingerprint density at radius 3 is 2.47 bits per heavy atom. The Morgan fingerprint density at radius 1 is 1.37 bits per heavy atom. The van der Waals surface area contributed by atoms with E-state index in [9.17, 15) is 13.2 Å². The zero-order chi connectivity index (χ0) is 14.7. The van der Waals surface area contributed by atoms with Gasteiger partial charge >= 0.3 is 15.7 Å². The first-order chi connectivity index (χ1) is 8.67. The van der Waals surface area contributed by atoms with Crippen LogP contribution in [0.25, 0.3) is 0 Å². The molecule has 0 saturated carbocycles. The molecule has 7 heteroatoms. The van der Waals surface area contributed by atoms with E-state index in [-0.39, 0.29) is 20.4 Å². The van der Waals surface area contributed by atoms with Crippen LogP contribution in [0.4, 0.5) is 0 Å². The highest BCUT2D eigenvalue weighted by Gasteiger charge is 2.25. The molecule has 0 unspecified atom stereocenters. The van der Waals surface area contributed by atoms with Gasteiger partial charge in [-0.3, -0.25) is 4.55 Å². The summed E-state index contributed by atoms with van der Waals surface area (Å²) in [6.45, 7) is 5.88. The van der Waals surface area contributed by atoms with E-state index in [1.54, 1.807) is 0 Å². The number of carbonyl (C=O) groups is 1. The highest BCUT2D eigenvalue weighted by molar-refractivity contribution is 7.86. The van der Waals surface area contributed by atoms with Crippen molar-refractivity contribution in [1.29, 1.82) is 0 Å². The summed E-state index contributed by atoms with van der Waals surface area (Å²) in [5, 5.41) is -0.150. The van der Waals surface area contributed by atoms with Crippen LogP contribution in [0.1, 0.15) is 37.6 Å². The molecule has 0 heterocycles. The minimum atomic E-state index is -4.44. The van der Waals surface area contributed by atoms with Crippen molar-refractivity contribution >= 4 is 25.9 Å². The lowest BCUT2D eigenvalue weighted by Crippen LogP contribution is -2.20. The third kappa shape index (κ3) is 4.45. The topological polar surface area (TPSA) is 80.7 Å². The number of carbonyl (C=O) groups excluding carboxylic acids is 1. The second-order valence-electron chi connectivity index (χ2n) is 4.70. The molecule has 0 atom stereocenters. The van der Waals surface area contributed by atoms with Crippen molar-refractivity contribution in [1.82, 2.24) is 0 Å². The van der Waals surface area contributed by atoms with E-state index in [0.717, 1.165) is 6.42 Å². The predicted octanol–water partition coefficient (Wildman–Crippen LogP) is 2.32. The smallest absolute Gasteiger partial charge is 0.326 e. The van der Waals surface area contributed by atoms with Gasteiger partial charge in [-0.15, -0.1) is 0 Å². The second-order valence-corrected chi connectivity index (χ2v) is 7.85. The van der Waals surface area contributed by atoms with E-state index in [0.29, 0.717) is 0 Å². The number of rotatable bonds is 5. The first kappa shape index (κ1) is 15.9. The molecular weight excluding hydrogens is 284 g/mol. The van der Waals surface area contributed by atoms with Gasteiger partial charge in [0.1, 0.15) is 4.90 Å². The predicted molar refractivity (Wildman–Crippen MR) is 71.8 cm³/mol. The average molecular weight is 300 g/mol. The van der Waals surface area contributed by atoms with Crippen LogP contribution < -0.4 is 0 Å². The van der Waals surface area contributed by atoms with Gasteiger partial charge in [0.05, 0.1) is 5.56 Å². The molecule has 104 valence electrons. The second kappa shape index (κ2) is 5.85. The molecule has 0 aliphatic heterocycles. The summed E-state index contributed by atoms with van der Waals surface area (Å²) in [7, 11) is -4.52. The Balaban J connectivity index is 2.96. The Kier molecular flexibility index (Phi) is 4.89. The summed E-state index contributed by atoms with van der Waals surface area (Å²) in [5.41, 5.74) is -0.149. The molecule has 0 amide bonds. The molecule has 0 aliphatic rings. The highest BCUT2D eigenvalue weighted by Crippen LogP contribution is 2.27. The quantitative estimate of drug-likeness (QED) is 0.666. The van der Waals surface area contributed by atoms with Crippen molar-refractivity contribution in [2.24, 2.45) is 0 Å². The summed E-state index contributed by atoms with van der Waals surface area (Å²) in [6.07, 6.45) is 0.832. The number of benzene rings is 1. The summed E-state index contributed by atoms with van der Waals surface area (Å²) in [5.74, 6) is -0.743. The normalized spacial score (nSPS) is 12.2. The fourth-order valence-corrected chi connectivity index (χ4v) is 2.47. The Bertz CT molecular complexity index is 565. The standard InChI is InChI=1S/C12H16O5SSi/c1-4-12(2,3)19-17-11(13)9-7-5-6-8-10(9)18(14,15)16/h5-8H,4H2,1-3H3,(H,14,15,16). The van der Waals surface area contributed by atoms with E-state index < -0.39 is 21.0 Å². The fourth-order valence-electron chi connectivity index (χ4n) is 1.17. The Hall–Kier alpha value is -1.18. The van der Waals surface area contributed by atoms with E-state index in [2.05, 4.69) is 0 Å². The van der Waals surface area contributed by atoms with Gasteiger partial charge in [-0.25, -0.2) is 4.79 Å². The van der Waals surface area contributed by atoms with Crippen LogP contribution in [-0.2, 0) is 14.5 Å². The molecule has 1 N–H and O–H groups in total. The van der Waals surface area contributed by atoms with E-state index >= 15 is 0 Å². The van der Waals surface area contributed by atoms with Gasteiger partial charge in [0.25, 0.3) is 10.1 Å². The highest BCUT2D eigenvalue weighted by atomic mass is 32.2. The molecular formula is C12H16O5SSi. The number of hydrogen-bond acceptors (Lipinski definition) is 4. The molecule has 1 rings (SSSR count). The van der Waals surface area contributed by atoms with Crippen LogP contribution in [-0.4, -0.2) is 28.7 Å². The minimum absolute atomic E-state index is 0.0814. The van der Waals surface area contributed by atoms with Crippen molar-refractivity contribution in [3.63, 3.8) is 0 Å². The fraction of sp³-hybridized carbons (Fsp3) is 0.417. The van der Waals surface area contributed by atoms with Gasteiger partial charge in [0.15, 0.2) is 0 Å². The lowest BCUT2D eigenvalue weighted by Gasteiger charge is -2.19. The summed E-state index contributed by atoms with van der Waals surface area (Å²) >= 11 is 0. The summed E-state index contributed by atoms with van der Waals surface area (Å²) in [6, 6.07) is 5.42. The lowest BCUT2D eigenvalue weighted by molar-refractivity contribution is 0.0729. The van der Waals surface area contributed by atoms with Crippen molar-refractivity contribution in [3.05, 3.63) is 29.8 Å². The van der Waals surface area contributed by atoms with E-state index in [4.69, 9.17) is 8.98 Å². The maximum absolute atomic E-state index is 11.9. The van der Waals surface area contributed by atoms with Gasteiger partial charge in [-0.05, 0) is 17.2 Å². The third-order valence-corrected chi connectivity index (χ3v) is 4.79. The molecule has 0 aliphatic carbocycles. The van der Waals surface area contributed by atoms with Gasteiger partial charge in [-0.2, -0.15) is 8.42 Å². The van der Waals surface area contributed by atoms with E-state index in [1.807, 2.05) is 20.8 Å². The third-order valence-electron chi connectivity index (χ3n) is 2.69. The zero-order valence-corrected chi connectivity index (χ0v) is 12.8. The molecule has 1 aromatic carbocycles. The molecule has 19 heavy (non-hydrogen) atoms. The minimum Gasteiger partial charge on any atom is -0.512 e. The van der Waals surface area contributed by atoms with Gasteiger partial charge in [0, 0.05) is 0 Å². The van der Waals surface area contributed by atoms with Crippen LogP contribution in [0, 0.1) is 0 Å². The first-order valence-corrected chi connectivity index (χ1v) is 8.07. The van der Waals surface area contributed by atoms with E-state index in [1.165, 1.54) is 24.3 Å². The molecule has 2 radical (unpaired) electrons. The molecule has 0 fully saturated rings. The van der Waals surface area contributed by atoms with Crippen molar-refractivity contribution in [3.8, 4) is 0 Å². The molecule has 0 aromatic heterocycles. The first-order valence-electron chi connectivity index (χ1n) is 5.72. The lowest BCUT2D eigenvalue weighted by atomic mass is 10.1. The van der Waals surface area contributed by atoms with Crippen molar-refractivity contribution in [2.75, 3.05) is 0 Å². The SMILES string of the molecule is CCC(C)(C)[Si]OC(=O)c1ccccc1S(=O)(=O)O. The largest absolute Gasteiger partial charge is 0.512 e. The van der Waals surface area contributed by atoms with Gasteiger partial charge in [-0.1, -0.05) is 39.3 Å². The molecule has 5 nitrogen and oxygen atoms in total. The maximum Gasteiger partial charge on any atom is 0.326 e. The molecule has 0 spiro atoms. The van der Waals surface area contributed by atoms with Crippen LogP contribution in [0.5, 0.6) is 0 Å². The van der Waals surface area contributed by atoms with Crippen molar-refractivity contribution < 1.29 is 22.2 Å². The van der Waals surface area contributed by atoms with Crippen LogP contribution in [0.2, 0.25) is 5.04 Å². The van der Waals surface area contributed by atoms with Gasteiger partial charge < -0.3 is 4.43 Å². The summed E-state index contributed by atoms with van der Waals surface area (Å²) < 4.78 is 36.5. The van der Waals surface area contributed by atoms with Crippen molar-refractivity contribution in [2.45, 2.75) is 37.1 Å². The monoisotopic (exact) mass is 300 g/mol. The molecule has 1 aromatic rings. The van der Waals surface area contributed by atoms with Crippen LogP contribution in [0.3, 0.4) is 0 Å². The average Bonchev–Trinajstić information content (AvgIpc) is 2.35. The van der Waals surface area contributed by atoms with Gasteiger partial charge in [0.2, 0.25) is 0 Å². The maximum atomic E-state index is 11.9. The van der Waals surface area contributed by atoms with Crippen LogP contribution in [0.15, 0.2) is 29.2 Å². The zero-order valence-electron chi connectivity index (χ0n) is 11.0. The van der Waals surface area contributed by atoms with Crippen LogP contribution >= 0.6 is 0 Å². The number of hydrogen-bond donors (Lipinski definition) is 1. The Labute approximate surface area is 115 Å². The molecule has 0 saturated heterocycles.